The zero-order chi connectivity index (χ0) is 13.8. The van der Waals surface area contributed by atoms with E-state index in [1.165, 1.54) is 0 Å². The third-order valence-corrected chi connectivity index (χ3v) is 2.26. The molecule has 0 aromatic carbocycles. The van der Waals surface area contributed by atoms with Crippen LogP contribution in [0.5, 0.6) is 0 Å². The minimum Gasteiger partial charge on any atom is -0.425 e. The van der Waals surface area contributed by atoms with E-state index in [9.17, 15) is 9.59 Å². The van der Waals surface area contributed by atoms with Gasteiger partial charge in [0.25, 0.3) is 0 Å². The van der Waals surface area contributed by atoms with Crippen molar-refractivity contribution >= 4 is 37.2 Å². The lowest BCUT2D eigenvalue weighted by atomic mass is 10.3. The fraction of sp³-hybridized carbons (Fsp3) is 0.800. The summed E-state index contributed by atoms with van der Waals surface area (Å²) in [4.78, 5) is 22.1. The highest BCUT2D eigenvalue weighted by molar-refractivity contribution is 7.81. The number of ether oxygens (including phenoxy) is 3. The van der Waals surface area contributed by atoms with Gasteiger partial charge in [0.2, 0.25) is 6.29 Å². The smallest absolute Gasteiger partial charge is 0.318 e. The fourth-order valence-electron chi connectivity index (χ4n) is 1.03. The second-order valence-electron chi connectivity index (χ2n) is 3.20. The summed E-state index contributed by atoms with van der Waals surface area (Å²) in [6.07, 6.45) is -0.0866. The minimum absolute atomic E-state index is 0.0489. The molecule has 0 atom stereocenters. The molecule has 18 heavy (non-hydrogen) atoms. The Kier molecular flexibility index (Phi) is 11.4. The van der Waals surface area contributed by atoms with Crippen molar-refractivity contribution in [1.82, 2.24) is 0 Å². The summed E-state index contributed by atoms with van der Waals surface area (Å²) >= 11 is 7.52. The molecule has 0 aromatic rings. The quantitative estimate of drug-likeness (QED) is 0.229. The minimum atomic E-state index is -0.943. The maximum Gasteiger partial charge on any atom is 0.318 e. The Bertz CT molecular complexity index is 231. The Morgan fingerprint density at radius 1 is 1.06 bits per heavy atom. The van der Waals surface area contributed by atoms with Gasteiger partial charge in [-0.25, -0.2) is 0 Å². The van der Waals surface area contributed by atoms with E-state index >= 15 is 0 Å². The van der Waals surface area contributed by atoms with Gasteiger partial charge >= 0.3 is 11.9 Å². The van der Waals surface area contributed by atoms with Gasteiger partial charge in [-0.05, 0) is 6.42 Å². The van der Waals surface area contributed by atoms with E-state index in [2.05, 4.69) is 25.3 Å². The summed E-state index contributed by atoms with van der Waals surface area (Å²) < 4.78 is 14.8. The van der Waals surface area contributed by atoms with Gasteiger partial charge in [0.1, 0.15) is 0 Å². The van der Waals surface area contributed by atoms with Crippen LogP contribution in [0.1, 0.15) is 12.8 Å². The largest absolute Gasteiger partial charge is 0.425 e. The molecule has 0 fully saturated rings. The summed E-state index contributed by atoms with van der Waals surface area (Å²) in [5.74, 6) is -1.30. The van der Waals surface area contributed by atoms with Crippen LogP contribution < -0.4 is 0 Å². The molecule has 0 amide bonds. The summed E-state index contributed by atoms with van der Waals surface area (Å²) in [6, 6.07) is 0. The second-order valence-corrected chi connectivity index (χ2v) is 3.84. The molecule has 0 saturated heterocycles. The lowest BCUT2D eigenvalue weighted by molar-refractivity contribution is -0.185. The monoisotopic (exact) mass is 298 g/mol. The van der Waals surface area contributed by atoms with Gasteiger partial charge in [-0.15, -0.1) is 0 Å². The molecule has 0 radical (unpaired) electrons. The molecule has 1 N–H and O–H groups in total. The maximum atomic E-state index is 11.1. The fourth-order valence-corrected chi connectivity index (χ4v) is 1.18. The van der Waals surface area contributed by atoms with E-state index < -0.39 is 18.2 Å². The highest BCUT2D eigenvalue weighted by Gasteiger charge is 2.17. The number of thiol groups is 2. The first-order valence-corrected chi connectivity index (χ1v) is 6.69. The molecule has 0 bridgehead atoms. The van der Waals surface area contributed by atoms with Crippen molar-refractivity contribution in [2.75, 3.05) is 31.3 Å². The Hall–Kier alpha value is -0.440. The van der Waals surface area contributed by atoms with Crippen LogP contribution >= 0.6 is 25.3 Å². The summed E-state index contributed by atoms with van der Waals surface area (Å²) in [5, 5.41) is 8.50. The molecule has 0 saturated carbocycles. The van der Waals surface area contributed by atoms with E-state index in [0.717, 1.165) is 0 Å². The summed E-state index contributed by atoms with van der Waals surface area (Å²) in [5.41, 5.74) is 0. The van der Waals surface area contributed by atoms with Crippen LogP contribution in [0, 0.1) is 0 Å². The Morgan fingerprint density at radius 2 is 1.61 bits per heavy atom. The first-order chi connectivity index (χ1) is 8.63. The van der Waals surface area contributed by atoms with E-state index in [1.807, 2.05) is 0 Å². The average Bonchev–Trinajstić information content (AvgIpc) is 2.37. The zero-order valence-corrected chi connectivity index (χ0v) is 11.7. The van der Waals surface area contributed by atoms with E-state index in [1.54, 1.807) is 0 Å². The van der Waals surface area contributed by atoms with Gasteiger partial charge in [0.15, 0.2) is 0 Å². The van der Waals surface area contributed by atoms with Crippen molar-refractivity contribution in [1.29, 1.82) is 0 Å². The Balaban J connectivity index is 3.96. The number of rotatable bonds is 10. The van der Waals surface area contributed by atoms with Crippen molar-refractivity contribution in [2.45, 2.75) is 19.1 Å². The molecule has 0 aliphatic heterocycles. The third-order valence-electron chi connectivity index (χ3n) is 1.75. The SMILES string of the molecule is O=C(CS)OC(CCCOCCO)OC(=O)CS. The van der Waals surface area contributed by atoms with Crippen LogP contribution in [0.3, 0.4) is 0 Å². The zero-order valence-electron chi connectivity index (χ0n) is 9.91. The second kappa shape index (κ2) is 11.6. The molecule has 106 valence electrons. The van der Waals surface area contributed by atoms with Crippen molar-refractivity contribution < 1.29 is 28.9 Å². The van der Waals surface area contributed by atoms with Crippen molar-refractivity contribution in [3.05, 3.63) is 0 Å². The van der Waals surface area contributed by atoms with Gasteiger partial charge in [0.05, 0.1) is 24.7 Å². The molecular weight excluding hydrogens is 280 g/mol. The molecule has 0 aliphatic carbocycles. The molecular formula is C10H18O6S2. The first-order valence-electron chi connectivity index (χ1n) is 5.43. The molecule has 0 rings (SSSR count). The standard InChI is InChI=1S/C10H18O6S2/c11-3-5-14-4-1-2-10(15-8(12)6-17)16-9(13)7-18/h10-11,17-18H,1-7H2. The number of esters is 2. The first kappa shape index (κ1) is 17.6. The van der Waals surface area contributed by atoms with Gasteiger partial charge < -0.3 is 19.3 Å². The maximum absolute atomic E-state index is 11.1. The van der Waals surface area contributed by atoms with Crippen molar-refractivity contribution in [3.63, 3.8) is 0 Å². The Labute approximate surface area is 117 Å². The highest BCUT2D eigenvalue weighted by atomic mass is 32.1. The van der Waals surface area contributed by atoms with Crippen molar-refractivity contribution in [2.24, 2.45) is 0 Å². The van der Waals surface area contributed by atoms with Crippen LogP contribution in [-0.2, 0) is 23.8 Å². The number of carbonyl (C=O) groups excluding carboxylic acids is 2. The van der Waals surface area contributed by atoms with Gasteiger partial charge in [-0.1, -0.05) is 0 Å². The number of hydrogen-bond donors (Lipinski definition) is 3. The molecule has 0 heterocycles. The van der Waals surface area contributed by atoms with Crippen LogP contribution in [0.2, 0.25) is 0 Å². The average molecular weight is 298 g/mol. The predicted molar refractivity (Wildman–Crippen MR) is 70.8 cm³/mol. The van der Waals surface area contributed by atoms with Crippen LogP contribution in [0.4, 0.5) is 0 Å². The van der Waals surface area contributed by atoms with Crippen molar-refractivity contribution in [3.8, 4) is 0 Å². The number of hydrogen-bond acceptors (Lipinski definition) is 8. The third kappa shape index (κ3) is 9.58. The van der Waals surface area contributed by atoms with Crippen LogP contribution in [-0.4, -0.2) is 54.7 Å². The van der Waals surface area contributed by atoms with Gasteiger partial charge in [-0.3, -0.25) is 9.59 Å². The van der Waals surface area contributed by atoms with E-state index in [4.69, 9.17) is 19.3 Å². The number of aliphatic hydroxyl groups is 1. The van der Waals surface area contributed by atoms with E-state index in [0.29, 0.717) is 19.4 Å². The van der Waals surface area contributed by atoms with E-state index in [-0.39, 0.29) is 24.7 Å². The highest BCUT2D eigenvalue weighted by Crippen LogP contribution is 2.07. The normalized spacial score (nSPS) is 10.4. The predicted octanol–water partition coefficient (Wildman–Crippen LogP) is 0.0476. The molecule has 0 aromatic heterocycles. The number of carbonyl (C=O) groups is 2. The molecule has 0 spiro atoms. The molecule has 0 unspecified atom stereocenters. The Morgan fingerprint density at radius 3 is 2.06 bits per heavy atom. The van der Waals surface area contributed by atoms with Gasteiger partial charge in [0, 0.05) is 13.0 Å². The lowest BCUT2D eigenvalue weighted by Crippen LogP contribution is -2.26. The van der Waals surface area contributed by atoms with Gasteiger partial charge in [-0.2, -0.15) is 25.3 Å². The van der Waals surface area contributed by atoms with Crippen LogP contribution in [0.25, 0.3) is 0 Å². The van der Waals surface area contributed by atoms with Crippen LogP contribution in [0.15, 0.2) is 0 Å². The summed E-state index contributed by atoms with van der Waals surface area (Å²) in [7, 11) is 0. The molecule has 0 aliphatic rings. The number of aliphatic hydroxyl groups excluding tert-OH is 1. The summed E-state index contributed by atoms with van der Waals surface area (Å²) in [6.45, 7) is 0.581. The molecule has 6 nitrogen and oxygen atoms in total. The molecule has 8 heteroatoms. The lowest BCUT2D eigenvalue weighted by Gasteiger charge is -2.17. The topological polar surface area (TPSA) is 82.1 Å².